The minimum absolute atomic E-state index is 0.0481. The highest BCUT2D eigenvalue weighted by atomic mass is 35.5. The Morgan fingerprint density at radius 1 is 1.26 bits per heavy atom. The first kappa shape index (κ1) is 17.0. The Hall–Kier alpha value is -2.34. The zero-order valence-corrected chi connectivity index (χ0v) is 13.7. The van der Waals surface area contributed by atoms with Crippen LogP contribution in [-0.2, 0) is 11.3 Å². The van der Waals surface area contributed by atoms with Crippen LogP contribution in [-0.4, -0.2) is 27.8 Å². The molecule has 6 nitrogen and oxygen atoms in total. The van der Waals surface area contributed by atoms with Crippen molar-refractivity contribution in [3.63, 3.8) is 0 Å². The number of imidazole rings is 1. The molecule has 0 spiro atoms. The molecule has 7 heteroatoms. The van der Waals surface area contributed by atoms with Crippen molar-refractivity contribution in [2.24, 2.45) is 5.92 Å². The van der Waals surface area contributed by atoms with Crippen LogP contribution in [0.25, 0.3) is 0 Å². The number of benzene rings is 1. The van der Waals surface area contributed by atoms with Gasteiger partial charge in [0.1, 0.15) is 6.04 Å². The number of hydrogen-bond acceptors (Lipinski definition) is 3. The van der Waals surface area contributed by atoms with E-state index in [1.165, 1.54) is 0 Å². The Morgan fingerprint density at radius 3 is 2.52 bits per heavy atom. The van der Waals surface area contributed by atoms with E-state index in [9.17, 15) is 9.59 Å². The van der Waals surface area contributed by atoms with E-state index in [1.807, 2.05) is 13.8 Å². The summed E-state index contributed by atoms with van der Waals surface area (Å²) in [5.74, 6) is -0.595. The fourth-order valence-electron chi connectivity index (χ4n) is 2.03. The number of aromatic amines is 1. The zero-order chi connectivity index (χ0) is 16.8. The minimum atomic E-state index is -0.624. The summed E-state index contributed by atoms with van der Waals surface area (Å²) < 4.78 is 0. The lowest BCUT2D eigenvalue weighted by Gasteiger charge is -2.21. The average Bonchev–Trinajstić information content (AvgIpc) is 3.03. The molecule has 0 aliphatic heterocycles. The van der Waals surface area contributed by atoms with Crippen LogP contribution in [0.2, 0.25) is 5.02 Å². The van der Waals surface area contributed by atoms with E-state index in [0.29, 0.717) is 17.1 Å². The van der Waals surface area contributed by atoms with Crippen molar-refractivity contribution in [3.05, 3.63) is 53.1 Å². The molecule has 0 fully saturated rings. The lowest BCUT2D eigenvalue weighted by molar-refractivity contribution is -0.124. The number of nitrogens with one attached hydrogen (secondary N) is 3. The van der Waals surface area contributed by atoms with Gasteiger partial charge in [0.2, 0.25) is 5.91 Å². The monoisotopic (exact) mass is 334 g/mol. The number of H-pyrrole nitrogens is 1. The van der Waals surface area contributed by atoms with Crippen LogP contribution in [0.4, 0.5) is 0 Å². The van der Waals surface area contributed by atoms with Gasteiger partial charge in [0.05, 0.1) is 18.6 Å². The van der Waals surface area contributed by atoms with Crippen molar-refractivity contribution in [3.8, 4) is 0 Å². The van der Waals surface area contributed by atoms with E-state index in [0.717, 1.165) is 5.69 Å². The zero-order valence-electron chi connectivity index (χ0n) is 13.0. The maximum absolute atomic E-state index is 12.3. The maximum atomic E-state index is 12.3. The van der Waals surface area contributed by atoms with Gasteiger partial charge in [0.25, 0.3) is 5.91 Å². The third-order valence-corrected chi connectivity index (χ3v) is 3.60. The quantitative estimate of drug-likeness (QED) is 0.756. The molecule has 2 rings (SSSR count). The molecular weight excluding hydrogens is 316 g/mol. The smallest absolute Gasteiger partial charge is 0.251 e. The second-order valence-corrected chi connectivity index (χ2v) is 5.93. The molecule has 0 aliphatic rings. The largest absolute Gasteiger partial charge is 0.349 e. The van der Waals surface area contributed by atoms with Gasteiger partial charge in [-0.3, -0.25) is 9.59 Å². The van der Waals surface area contributed by atoms with Crippen molar-refractivity contribution >= 4 is 23.4 Å². The maximum Gasteiger partial charge on any atom is 0.251 e. The van der Waals surface area contributed by atoms with E-state index >= 15 is 0 Å². The third-order valence-electron chi connectivity index (χ3n) is 3.35. The molecule has 0 aliphatic carbocycles. The van der Waals surface area contributed by atoms with Crippen LogP contribution in [0.1, 0.15) is 29.9 Å². The Morgan fingerprint density at radius 2 is 1.96 bits per heavy atom. The van der Waals surface area contributed by atoms with E-state index in [2.05, 4.69) is 20.6 Å². The topological polar surface area (TPSA) is 86.9 Å². The summed E-state index contributed by atoms with van der Waals surface area (Å²) in [6, 6.07) is 5.90. The van der Waals surface area contributed by atoms with E-state index in [1.54, 1.807) is 36.8 Å². The molecule has 1 aromatic carbocycles. The van der Waals surface area contributed by atoms with Crippen LogP contribution >= 0.6 is 11.6 Å². The normalized spacial score (nSPS) is 12.0. The van der Waals surface area contributed by atoms with Gasteiger partial charge in [0, 0.05) is 16.8 Å². The predicted molar refractivity (Wildman–Crippen MR) is 88.0 cm³/mol. The number of hydrogen-bond donors (Lipinski definition) is 3. The Bertz CT molecular complexity index is 653. The van der Waals surface area contributed by atoms with Crippen LogP contribution in [0, 0.1) is 5.92 Å². The van der Waals surface area contributed by atoms with Crippen molar-refractivity contribution in [1.29, 1.82) is 0 Å². The second-order valence-electron chi connectivity index (χ2n) is 5.50. The summed E-state index contributed by atoms with van der Waals surface area (Å²) in [6.07, 6.45) is 3.18. The van der Waals surface area contributed by atoms with Gasteiger partial charge in [-0.25, -0.2) is 4.98 Å². The Kier molecular flexibility index (Phi) is 5.76. The van der Waals surface area contributed by atoms with Gasteiger partial charge >= 0.3 is 0 Å². The first-order valence-electron chi connectivity index (χ1n) is 7.28. The standard InChI is InChI=1S/C16H19ClN4O2/c1-10(2)14(16(23)19-8-13-7-18-9-20-13)21-15(22)11-3-5-12(17)6-4-11/h3-7,9-10,14H,8H2,1-2H3,(H,18,20)(H,19,23)(H,21,22). The first-order valence-corrected chi connectivity index (χ1v) is 7.66. The number of aromatic nitrogens is 2. The molecule has 0 saturated heterocycles. The van der Waals surface area contributed by atoms with E-state index in [4.69, 9.17) is 11.6 Å². The summed E-state index contributed by atoms with van der Waals surface area (Å²) in [7, 11) is 0. The third kappa shape index (κ3) is 4.82. The molecule has 1 aromatic heterocycles. The fraction of sp³-hybridized carbons (Fsp3) is 0.312. The van der Waals surface area contributed by atoms with Gasteiger partial charge in [-0.05, 0) is 30.2 Å². The second kappa shape index (κ2) is 7.78. The molecule has 2 aromatic rings. The van der Waals surface area contributed by atoms with Gasteiger partial charge in [0.15, 0.2) is 0 Å². The van der Waals surface area contributed by atoms with Crippen molar-refractivity contribution in [2.45, 2.75) is 26.4 Å². The van der Waals surface area contributed by atoms with Crippen molar-refractivity contribution in [2.75, 3.05) is 0 Å². The fourth-order valence-corrected chi connectivity index (χ4v) is 2.16. The predicted octanol–water partition coefficient (Wildman–Crippen LogP) is 2.13. The molecule has 0 saturated carbocycles. The Balaban J connectivity index is 1.98. The summed E-state index contributed by atoms with van der Waals surface area (Å²) >= 11 is 5.81. The number of halogens is 1. The SMILES string of the molecule is CC(C)C(NC(=O)c1ccc(Cl)cc1)C(=O)NCc1cnc[nH]1. The van der Waals surface area contributed by atoms with E-state index in [-0.39, 0.29) is 17.7 Å². The summed E-state index contributed by atoms with van der Waals surface area (Å²) in [4.78, 5) is 31.4. The number of rotatable bonds is 6. The number of carbonyl (C=O) groups is 2. The highest BCUT2D eigenvalue weighted by Gasteiger charge is 2.24. The molecule has 1 atom stereocenters. The van der Waals surface area contributed by atoms with Crippen LogP contribution < -0.4 is 10.6 Å². The lowest BCUT2D eigenvalue weighted by atomic mass is 10.0. The molecule has 1 heterocycles. The molecular formula is C16H19ClN4O2. The van der Waals surface area contributed by atoms with Gasteiger partial charge in [-0.15, -0.1) is 0 Å². The van der Waals surface area contributed by atoms with E-state index < -0.39 is 6.04 Å². The van der Waals surface area contributed by atoms with Gasteiger partial charge in [-0.2, -0.15) is 0 Å². The average molecular weight is 335 g/mol. The van der Waals surface area contributed by atoms with Gasteiger partial charge in [-0.1, -0.05) is 25.4 Å². The Labute approximate surface area is 139 Å². The number of amides is 2. The van der Waals surface area contributed by atoms with Crippen molar-refractivity contribution in [1.82, 2.24) is 20.6 Å². The summed E-state index contributed by atoms with van der Waals surface area (Å²) in [5.41, 5.74) is 1.26. The van der Waals surface area contributed by atoms with Crippen molar-refractivity contribution < 1.29 is 9.59 Å². The van der Waals surface area contributed by atoms with Gasteiger partial charge < -0.3 is 15.6 Å². The molecule has 2 amide bonds. The highest BCUT2D eigenvalue weighted by Crippen LogP contribution is 2.10. The summed E-state index contributed by atoms with van der Waals surface area (Å²) in [6.45, 7) is 4.09. The summed E-state index contributed by atoms with van der Waals surface area (Å²) in [5, 5.41) is 6.10. The first-order chi connectivity index (χ1) is 11.0. The number of carbonyl (C=O) groups excluding carboxylic acids is 2. The highest BCUT2D eigenvalue weighted by molar-refractivity contribution is 6.30. The van der Waals surface area contributed by atoms with Crippen LogP contribution in [0.5, 0.6) is 0 Å². The molecule has 0 radical (unpaired) electrons. The lowest BCUT2D eigenvalue weighted by Crippen LogP contribution is -2.49. The molecule has 0 bridgehead atoms. The van der Waals surface area contributed by atoms with Crippen LogP contribution in [0.3, 0.4) is 0 Å². The minimum Gasteiger partial charge on any atom is -0.349 e. The number of nitrogens with zero attached hydrogens (tertiary/aromatic N) is 1. The van der Waals surface area contributed by atoms with Crippen LogP contribution in [0.15, 0.2) is 36.8 Å². The molecule has 122 valence electrons. The molecule has 3 N–H and O–H groups in total. The molecule has 1 unspecified atom stereocenters. The molecule has 23 heavy (non-hydrogen) atoms.